The standard InChI is InChI=1S/C18H22O10/c1-7(2)25-8-3-4-9-10(5-8)26-17(24)15(23)16(9)28-18-14(22)13(21)12(20)11(6-19)27-18/h3-5,7,11-14,18-23H,6H2,1-2H3/t11-,12-,13+,14+,18+/m1/s1. The molecule has 28 heavy (non-hydrogen) atoms. The molecule has 5 N–H and O–H groups in total. The van der Waals surface area contributed by atoms with Gasteiger partial charge < -0.3 is 44.2 Å². The van der Waals surface area contributed by atoms with E-state index in [0.717, 1.165) is 0 Å². The number of benzene rings is 1. The van der Waals surface area contributed by atoms with E-state index in [1.54, 1.807) is 6.07 Å². The quantitative estimate of drug-likeness (QED) is 0.414. The summed E-state index contributed by atoms with van der Waals surface area (Å²) in [6, 6.07) is 4.49. The second kappa shape index (κ2) is 7.94. The molecular formula is C18H22O10. The molecule has 1 aliphatic rings. The summed E-state index contributed by atoms with van der Waals surface area (Å²) in [5.74, 6) is -0.774. The molecule has 0 saturated carbocycles. The molecule has 0 bridgehead atoms. The molecule has 1 saturated heterocycles. The molecule has 154 valence electrons. The van der Waals surface area contributed by atoms with Crippen molar-refractivity contribution in [3.8, 4) is 17.2 Å². The molecule has 5 atom stereocenters. The average molecular weight is 398 g/mol. The third kappa shape index (κ3) is 3.77. The Balaban J connectivity index is 2.00. The normalized spacial score (nSPS) is 27.9. The first-order chi connectivity index (χ1) is 13.2. The number of hydrogen-bond donors (Lipinski definition) is 5. The van der Waals surface area contributed by atoms with Crippen LogP contribution in [0.1, 0.15) is 13.8 Å². The molecule has 10 nitrogen and oxygen atoms in total. The van der Waals surface area contributed by atoms with Crippen LogP contribution in [-0.2, 0) is 4.74 Å². The Morgan fingerprint density at radius 3 is 2.50 bits per heavy atom. The lowest BCUT2D eigenvalue weighted by Crippen LogP contribution is -2.60. The van der Waals surface area contributed by atoms with Crippen molar-refractivity contribution in [3.05, 3.63) is 28.6 Å². The van der Waals surface area contributed by atoms with Crippen LogP contribution in [0.25, 0.3) is 11.0 Å². The Labute approximate surface area is 159 Å². The maximum atomic E-state index is 12.0. The first kappa shape index (κ1) is 20.4. The summed E-state index contributed by atoms with van der Waals surface area (Å²) in [5.41, 5.74) is -1.03. The van der Waals surface area contributed by atoms with Crippen molar-refractivity contribution in [2.45, 2.75) is 50.7 Å². The van der Waals surface area contributed by atoms with Gasteiger partial charge in [-0.25, -0.2) is 4.79 Å². The van der Waals surface area contributed by atoms with Crippen molar-refractivity contribution in [3.63, 3.8) is 0 Å². The van der Waals surface area contributed by atoms with Crippen LogP contribution >= 0.6 is 0 Å². The number of hydrogen-bond acceptors (Lipinski definition) is 10. The fraction of sp³-hybridized carbons (Fsp3) is 0.500. The molecule has 0 unspecified atom stereocenters. The van der Waals surface area contributed by atoms with Crippen molar-refractivity contribution >= 4 is 11.0 Å². The summed E-state index contributed by atoms with van der Waals surface area (Å²) in [6.07, 6.45) is -7.84. The molecule has 1 fully saturated rings. The van der Waals surface area contributed by atoms with E-state index in [9.17, 15) is 30.3 Å². The average Bonchev–Trinajstić information content (AvgIpc) is 2.64. The van der Waals surface area contributed by atoms with Crippen LogP contribution < -0.4 is 15.1 Å². The van der Waals surface area contributed by atoms with E-state index in [1.807, 2.05) is 13.8 Å². The highest BCUT2D eigenvalue weighted by Crippen LogP contribution is 2.36. The molecule has 1 aromatic heterocycles. The minimum atomic E-state index is -1.71. The Hall–Kier alpha value is -2.37. The van der Waals surface area contributed by atoms with Gasteiger partial charge in [-0.05, 0) is 26.0 Å². The molecule has 1 aromatic carbocycles. The van der Waals surface area contributed by atoms with Crippen LogP contribution in [0.4, 0.5) is 0 Å². The van der Waals surface area contributed by atoms with Crippen molar-refractivity contribution in [1.82, 2.24) is 0 Å². The highest BCUT2D eigenvalue weighted by molar-refractivity contribution is 5.86. The second-order valence-electron chi connectivity index (χ2n) is 6.71. The van der Waals surface area contributed by atoms with Crippen LogP contribution in [0.5, 0.6) is 17.2 Å². The number of ether oxygens (including phenoxy) is 3. The van der Waals surface area contributed by atoms with Gasteiger partial charge in [0.05, 0.1) is 18.1 Å². The van der Waals surface area contributed by atoms with E-state index in [1.165, 1.54) is 12.1 Å². The predicted molar refractivity (Wildman–Crippen MR) is 94.3 cm³/mol. The van der Waals surface area contributed by atoms with Crippen LogP contribution in [0.3, 0.4) is 0 Å². The first-order valence-corrected chi connectivity index (χ1v) is 8.66. The third-order valence-electron chi connectivity index (χ3n) is 4.26. The van der Waals surface area contributed by atoms with Gasteiger partial charge in [0.1, 0.15) is 35.7 Å². The minimum Gasteiger partial charge on any atom is -0.499 e. The Bertz CT molecular complexity index is 890. The lowest BCUT2D eigenvalue weighted by molar-refractivity contribution is -0.277. The summed E-state index contributed by atoms with van der Waals surface area (Å²) in [4.78, 5) is 12.0. The summed E-state index contributed by atoms with van der Waals surface area (Å²) in [6.45, 7) is 3.00. The highest BCUT2D eigenvalue weighted by atomic mass is 16.7. The van der Waals surface area contributed by atoms with E-state index in [4.69, 9.17) is 18.6 Å². The predicted octanol–water partition coefficient (Wildman–Crippen LogP) is -0.536. The smallest absolute Gasteiger partial charge is 0.382 e. The van der Waals surface area contributed by atoms with Gasteiger partial charge in [0, 0.05) is 6.07 Å². The molecule has 10 heteroatoms. The van der Waals surface area contributed by atoms with Gasteiger partial charge in [-0.3, -0.25) is 0 Å². The zero-order valence-electron chi connectivity index (χ0n) is 15.2. The maximum Gasteiger partial charge on any atom is 0.382 e. The molecule has 1 aliphatic heterocycles. The first-order valence-electron chi connectivity index (χ1n) is 8.66. The fourth-order valence-electron chi connectivity index (χ4n) is 2.89. The van der Waals surface area contributed by atoms with Crippen LogP contribution in [0, 0.1) is 0 Å². The molecule has 0 amide bonds. The maximum absolute atomic E-state index is 12.0. The number of rotatable bonds is 5. The number of aromatic hydroxyl groups is 1. The molecule has 0 spiro atoms. The summed E-state index contributed by atoms with van der Waals surface area (Å²) in [7, 11) is 0. The molecule has 2 heterocycles. The molecule has 3 rings (SSSR count). The van der Waals surface area contributed by atoms with Gasteiger partial charge in [-0.2, -0.15) is 0 Å². The minimum absolute atomic E-state index is 0.0561. The van der Waals surface area contributed by atoms with Crippen molar-refractivity contribution in [2.24, 2.45) is 0 Å². The van der Waals surface area contributed by atoms with Gasteiger partial charge in [0.25, 0.3) is 0 Å². The SMILES string of the molecule is CC(C)Oc1ccc2c(O[C@@H]3O[C@H](CO)[C@@H](O)[C@H](O)[C@@H]3O)c(O)c(=O)oc2c1. The van der Waals surface area contributed by atoms with E-state index < -0.39 is 48.7 Å². The van der Waals surface area contributed by atoms with Gasteiger partial charge in [0.2, 0.25) is 12.0 Å². The largest absolute Gasteiger partial charge is 0.499 e. The van der Waals surface area contributed by atoms with Crippen molar-refractivity contribution in [2.75, 3.05) is 6.61 Å². The van der Waals surface area contributed by atoms with E-state index in [2.05, 4.69) is 0 Å². The molecule has 0 radical (unpaired) electrons. The van der Waals surface area contributed by atoms with Gasteiger partial charge in [-0.1, -0.05) is 0 Å². The van der Waals surface area contributed by atoms with Gasteiger partial charge in [-0.15, -0.1) is 0 Å². The second-order valence-corrected chi connectivity index (χ2v) is 6.71. The zero-order valence-corrected chi connectivity index (χ0v) is 15.2. The number of aliphatic hydroxyl groups is 4. The van der Waals surface area contributed by atoms with Crippen molar-refractivity contribution in [1.29, 1.82) is 0 Å². The molecular weight excluding hydrogens is 376 g/mol. The summed E-state index contributed by atoms with van der Waals surface area (Å²) >= 11 is 0. The van der Waals surface area contributed by atoms with Crippen LogP contribution in [0.15, 0.2) is 27.4 Å². The lowest BCUT2D eigenvalue weighted by Gasteiger charge is -2.39. The van der Waals surface area contributed by atoms with E-state index >= 15 is 0 Å². The summed E-state index contributed by atoms with van der Waals surface area (Å²) in [5, 5.41) is 49.4. The van der Waals surface area contributed by atoms with Crippen molar-refractivity contribution < 1.29 is 44.2 Å². The van der Waals surface area contributed by atoms with Gasteiger partial charge >= 0.3 is 5.63 Å². The fourth-order valence-corrected chi connectivity index (χ4v) is 2.89. The van der Waals surface area contributed by atoms with Crippen LogP contribution in [0.2, 0.25) is 0 Å². The third-order valence-corrected chi connectivity index (χ3v) is 4.26. The summed E-state index contributed by atoms with van der Waals surface area (Å²) < 4.78 is 21.3. The van der Waals surface area contributed by atoms with Gasteiger partial charge in [0.15, 0.2) is 5.75 Å². The highest BCUT2D eigenvalue weighted by Gasteiger charge is 2.45. The monoisotopic (exact) mass is 398 g/mol. The lowest BCUT2D eigenvalue weighted by atomic mass is 9.99. The Morgan fingerprint density at radius 1 is 1.14 bits per heavy atom. The zero-order chi connectivity index (χ0) is 20.6. The van der Waals surface area contributed by atoms with E-state index in [0.29, 0.717) is 5.75 Å². The Kier molecular flexibility index (Phi) is 5.77. The Morgan fingerprint density at radius 2 is 1.86 bits per heavy atom. The van der Waals surface area contributed by atoms with Crippen LogP contribution in [-0.4, -0.2) is 68.9 Å². The number of aliphatic hydroxyl groups excluding tert-OH is 4. The molecule has 2 aromatic rings. The van der Waals surface area contributed by atoms with E-state index in [-0.39, 0.29) is 22.8 Å². The molecule has 0 aliphatic carbocycles. The topological polar surface area (TPSA) is 159 Å². The number of fused-ring (bicyclic) bond motifs is 1.